The van der Waals surface area contributed by atoms with Gasteiger partial charge in [0.05, 0.1) is 13.1 Å². The zero-order valence-electron chi connectivity index (χ0n) is 8.99. The minimum atomic E-state index is -0.309. The van der Waals surface area contributed by atoms with E-state index in [0.29, 0.717) is 13.0 Å². The molecule has 2 aliphatic rings. The predicted molar refractivity (Wildman–Crippen MR) is 53.5 cm³/mol. The van der Waals surface area contributed by atoms with Gasteiger partial charge < -0.3 is 9.80 Å². The van der Waals surface area contributed by atoms with Crippen LogP contribution in [0.1, 0.15) is 13.3 Å². The second-order valence-corrected chi connectivity index (χ2v) is 3.96. The van der Waals surface area contributed by atoms with Gasteiger partial charge in [0.1, 0.15) is 12.2 Å². The highest BCUT2D eigenvalue weighted by Crippen LogP contribution is 2.18. The third-order valence-corrected chi connectivity index (χ3v) is 2.96. The van der Waals surface area contributed by atoms with Gasteiger partial charge in [0.25, 0.3) is 0 Å². The molecule has 2 amide bonds. The number of hydrogen-bond acceptors (Lipinski definition) is 4. The van der Waals surface area contributed by atoms with Crippen LogP contribution >= 0.6 is 0 Å². The summed E-state index contributed by atoms with van der Waals surface area (Å²) in [5.74, 6) is 0.0258. The molecule has 0 aromatic carbocycles. The molecular weight excluding hydrogens is 196 g/mol. The van der Waals surface area contributed by atoms with Gasteiger partial charge in [-0.2, -0.15) is 0 Å². The zero-order valence-corrected chi connectivity index (χ0v) is 8.99. The van der Waals surface area contributed by atoms with E-state index in [0.717, 1.165) is 0 Å². The Labute approximate surface area is 88.6 Å². The average Bonchev–Trinajstić information content (AvgIpc) is 2.21. The molecule has 0 radical (unpaired) electrons. The molecule has 2 N–H and O–H groups in total. The molecule has 84 valence electrons. The normalized spacial score (nSPS) is 31.9. The minimum absolute atomic E-state index is 0.00736. The van der Waals surface area contributed by atoms with Crippen molar-refractivity contribution in [2.45, 2.75) is 25.6 Å². The van der Waals surface area contributed by atoms with Crippen LogP contribution in [-0.4, -0.2) is 54.0 Å². The number of amides is 2. The second-order valence-electron chi connectivity index (χ2n) is 3.96. The molecular formula is C9H16N4O2. The lowest BCUT2D eigenvalue weighted by Gasteiger charge is -2.47. The van der Waals surface area contributed by atoms with Crippen LogP contribution in [0.3, 0.4) is 0 Å². The predicted octanol–water partition coefficient (Wildman–Crippen LogP) is -1.50. The first kappa shape index (κ1) is 10.4. The van der Waals surface area contributed by atoms with E-state index in [1.165, 1.54) is 0 Å². The molecule has 2 heterocycles. The molecule has 0 aromatic heterocycles. The highest BCUT2D eigenvalue weighted by molar-refractivity contribution is 5.90. The SMILES string of the molecule is CC[C@H]1C(=O)N(C)C[C@@H]2NNCC(=O)N21. The van der Waals surface area contributed by atoms with Crippen LogP contribution in [0.25, 0.3) is 0 Å². The number of piperazine rings is 1. The molecule has 0 spiro atoms. The Balaban J connectivity index is 2.24. The number of carbonyl (C=O) groups is 2. The van der Waals surface area contributed by atoms with E-state index in [4.69, 9.17) is 0 Å². The number of fused-ring (bicyclic) bond motifs is 1. The van der Waals surface area contributed by atoms with E-state index < -0.39 is 0 Å². The van der Waals surface area contributed by atoms with Crippen molar-refractivity contribution in [2.24, 2.45) is 0 Å². The largest absolute Gasteiger partial charge is 0.340 e. The Bertz CT molecular complexity index is 294. The first-order valence-corrected chi connectivity index (χ1v) is 5.19. The van der Waals surface area contributed by atoms with E-state index >= 15 is 0 Å². The molecule has 0 bridgehead atoms. The smallest absolute Gasteiger partial charge is 0.245 e. The van der Waals surface area contributed by atoms with Crippen LogP contribution < -0.4 is 10.9 Å². The zero-order chi connectivity index (χ0) is 11.0. The lowest BCUT2D eigenvalue weighted by atomic mass is 10.1. The molecule has 2 aliphatic heterocycles. The number of hydrazine groups is 1. The summed E-state index contributed by atoms with van der Waals surface area (Å²) in [4.78, 5) is 26.9. The van der Waals surface area contributed by atoms with Crippen LogP contribution in [0.5, 0.6) is 0 Å². The second kappa shape index (κ2) is 3.79. The number of hydrogen-bond donors (Lipinski definition) is 2. The van der Waals surface area contributed by atoms with Gasteiger partial charge in [-0.1, -0.05) is 6.92 Å². The van der Waals surface area contributed by atoms with Crippen molar-refractivity contribution >= 4 is 11.8 Å². The molecule has 6 heteroatoms. The van der Waals surface area contributed by atoms with Crippen molar-refractivity contribution in [3.8, 4) is 0 Å². The molecule has 2 fully saturated rings. The Morgan fingerprint density at radius 3 is 2.87 bits per heavy atom. The third-order valence-electron chi connectivity index (χ3n) is 2.96. The first-order valence-electron chi connectivity index (χ1n) is 5.19. The van der Waals surface area contributed by atoms with Gasteiger partial charge in [-0.3, -0.25) is 9.59 Å². The molecule has 0 aromatic rings. The highest BCUT2D eigenvalue weighted by atomic mass is 16.2. The van der Waals surface area contributed by atoms with Crippen LogP contribution in [-0.2, 0) is 9.59 Å². The van der Waals surface area contributed by atoms with E-state index in [-0.39, 0.29) is 30.6 Å². The van der Waals surface area contributed by atoms with Crippen molar-refractivity contribution in [2.75, 3.05) is 20.1 Å². The summed E-state index contributed by atoms with van der Waals surface area (Å²) < 4.78 is 0. The van der Waals surface area contributed by atoms with E-state index in [9.17, 15) is 9.59 Å². The molecule has 0 aliphatic carbocycles. The summed E-state index contributed by atoms with van der Waals surface area (Å²) >= 11 is 0. The van der Waals surface area contributed by atoms with Crippen molar-refractivity contribution < 1.29 is 9.59 Å². The molecule has 6 nitrogen and oxygen atoms in total. The van der Waals surface area contributed by atoms with Crippen molar-refractivity contribution in [1.82, 2.24) is 20.7 Å². The maximum Gasteiger partial charge on any atom is 0.245 e. The quantitative estimate of drug-likeness (QED) is 0.555. The number of rotatable bonds is 1. The Hall–Kier alpha value is -1.14. The Kier molecular flexibility index (Phi) is 2.62. The van der Waals surface area contributed by atoms with Gasteiger partial charge in [-0.05, 0) is 6.42 Å². The molecule has 2 saturated heterocycles. The summed E-state index contributed by atoms with van der Waals surface area (Å²) in [6, 6.07) is -0.309. The lowest BCUT2D eigenvalue weighted by molar-refractivity contribution is -0.159. The summed E-state index contributed by atoms with van der Waals surface area (Å²) in [5, 5.41) is 0. The van der Waals surface area contributed by atoms with Gasteiger partial charge in [-0.15, -0.1) is 0 Å². The fourth-order valence-corrected chi connectivity index (χ4v) is 2.20. The minimum Gasteiger partial charge on any atom is -0.340 e. The fourth-order valence-electron chi connectivity index (χ4n) is 2.20. The summed E-state index contributed by atoms with van der Waals surface area (Å²) in [5.41, 5.74) is 5.86. The van der Waals surface area contributed by atoms with Gasteiger partial charge in [0.15, 0.2) is 0 Å². The highest BCUT2D eigenvalue weighted by Gasteiger charge is 2.42. The summed E-state index contributed by atoms with van der Waals surface area (Å²) in [6.45, 7) is 2.71. The van der Waals surface area contributed by atoms with Crippen molar-refractivity contribution in [3.63, 3.8) is 0 Å². The monoisotopic (exact) mass is 212 g/mol. The van der Waals surface area contributed by atoms with Crippen LogP contribution in [0.15, 0.2) is 0 Å². The summed E-state index contributed by atoms with van der Waals surface area (Å²) in [6.07, 6.45) is 0.562. The third kappa shape index (κ3) is 1.59. The van der Waals surface area contributed by atoms with Gasteiger partial charge in [0, 0.05) is 7.05 Å². The first-order chi connectivity index (χ1) is 7.15. The number of nitrogens with zero attached hydrogens (tertiary/aromatic N) is 2. The van der Waals surface area contributed by atoms with Crippen LogP contribution in [0, 0.1) is 0 Å². The fraction of sp³-hybridized carbons (Fsp3) is 0.778. The lowest BCUT2D eigenvalue weighted by Crippen LogP contribution is -2.72. The van der Waals surface area contributed by atoms with E-state index in [2.05, 4.69) is 10.9 Å². The van der Waals surface area contributed by atoms with Crippen molar-refractivity contribution in [1.29, 1.82) is 0 Å². The Morgan fingerprint density at radius 1 is 1.47 bits per heavy atom. The van der Waals surface area contributed by atoms with Crippen LogP contribution in [0.2, 0.25) is 0 Å². The number of nitrogens with one attached hydrogen (secondary N) is 2. The average molecular weight is 212 g/mol. The molecule has 15 heavy (non-hydrogen) atoms. The Morgan fingerprint density at radius 2 is 2.20 bits per heavy atom. The standard InChI is InChI=1S/C9H16N4O2/c1-3-6-9(15)12(2)5-7-11-10-4-8(14)13(6)7/h6-7,10-11H,3-5H2,1-2H3/t6-,7+/m0/s1. The molecule has 2 atom stereocenters. The topological polar surface area (TPSA) is 64.7 Å². The maximum absolute atomic E-state index is 11.8. The molecule has 0 unspecified atom stereocenters. The molecule has 2 rings (SSSR count). The van der Waals surface area contributed by atoms with Gasteiger partial charge in [0.2, 0.25) is 11.8 Å². The summed E-state index contributed by atoms with van der Waals surface area (Å²) in [7, 11) is 1.77. The maximum atomic E-state index is 11.8. The van der Waals surface area contributed by atoms with Crippen molar-refractivity contribution in [3.05, 3.63) is 0 Å². The van der Waals surface area contributed by atoms with E-state index in [1.807, 2.05) is 6.92 Å². The number of carbonyl (C=O) groups excluding carboxylic acids is 2. The van der Waals surface area contributed by atoms with Crippen LogP contribution in [0.4, 0.5) is 0 Å². The van der Waals surface area contributed by atoms with E-state index in [1.54, 1.807) is 16.8 Å². The van der Waals surface area contributed by atoms with Gasteiger partial charge in [-0.25, -0.2) is 10.9 Å². The van der Waals surface area contributed by atoms with Gasteiger partial charge >= 0.3 is 0 Å². The number of likely N-dealkylation sites (N-methyl/N-ethyl adjacent to an activating group) is 1. The molecule has 0 saturated carbocycles.